The molecule has 1 unspecified atom stereocenters. The number of aromatic nitrogens is 1. The van der Waals surface area contributed by atoms with Crippen LogP contribution in [0.4, 0.5) is 11.4 Å². The molecule has 0 spiro atoms. The SMILES string of the molecule is COCCNC(=O)C(C)Nc1ccncc1N. The van der Waals surface area contributed by atoms with Crippen molar-refractivity contribution in [2.24, 2.45) is 0 Å². The normalized spacial score (nSPS) is 11.9. The smallest absolute Gasteiger partial charge is 0.242 e. The molecule has 94 valence electrons. The third-order valence-corrected chi connectivity index (χ3v) is 2.22. The molecule has 1 heterocycles. The Kier molecular flexibility index (Phi) is 5.22. The summed E-state index contributed by atoms with van der Waals surface area (Å²) in [6, 6.07) is 1.37. The maximum Gasteiger partial charge on any atom is 0.242 e. The van der Waals surface area contributed by atoms with Crippen molar-refractivity contribution in [3.8, 4) is 0 Å². The summed E-state index contributed by atoms with van der Waals surface area (Å²) in [5, 5.41) is 5.76. The molecule has 0 aromatic carbocycles. The Balaban J connectivity index is 2.46. The summed E-state index contributed by atoms with van der Waals surface area (Å²) < 4.78 is 4.85. The van der Waals surface area contributed by atoms with Crippen LogP contribution in [0.15, 0.2) is 18.5 Å². The summed E-state index contributed by atoms with van der Waals surface area (Å²) in [4.78, 5) is 15.5. The van der Waals surface area contributed by atoms with Crippen LogP contribution in [0.5, 0.6) is 0 Å². The van der Waals surface area contributed by atoms with E-state index in [4.69, 9.17) is 10.5 Å². The van der Waals surface area contributed by atoms with Crippen molar-refractivity contribution in [3.05, 3.63) is 18.5 Å². The maximum absolute atomic E-state index is 11.6. The number of ether oxygens (including phenoxy) is 1. The Bertz CT molecular complexity index is 370. The molecule has 0 radical (unpaired) electrons. The second-order valence-corrected chi connectivity index (χ2v) is 3.61. The highest BCUT2D eigenvalue weighted by molar-refractivity contribution is 5.85. The van der Waals surface area contributed by atoms with Gasteiger partial charge in [0, 0.05) is 19.9 Å². The van der Waals surface area contributed by atoms with Crippen LogP contribution >= 0.6 is 0 Å². The standard InChI is InChI=1S/C11H18N4O2/c1-8(11(16)14-5-6-17-2)15-10-3-4-13-7-9(10)12/h3-4,7-8H,5-6,12H2,1-2H3,(H,13,15)(H,14,16). The van der Waals surface area contributed by atoms with Gasteiger partial charge in [0.05, 0.1) is 24.2 Å². The molecule has 1 aromatic rings. The van der Waals surface area contributed by atoms with Gasteiger partial charge in [0.25, 0.3) is 0 Å². The average Bonchev–Trinajstić information content (AvgIpc) is 2.32. The molecule has 0 aliphatic heterocycles. The summed E-state index contributed by atoms with van der Waals surface area (Å²) in [7, 11) is 1.59. The third kappa shape index (κ3) is 4.28. The van der Waals surface area contributed by atoms with Crippen molar-refractivity contribution in [1.82, 2.24) is 10.3 Å². The van der Waals surface area contributed by atoms with Crippen molar-refractivity contribution in [2.75, 3.05) is 31.3 Å². The fourth-order valence-corrected chi connectivity index (χ4v) is 1.27. The van der Waals surface area contributed by atoms with Gasteiger partial charge in [0.15, 0.2) is 0 Å². The molecule has 17 heavy (non-hydrogen) atoms. The van der Waals surface area contributed by atoms with Crippen LogP contribution in [0, 0.1) is 0 Å². The van der Waals surface area contributed by atoms with Gasteiger partial charge in [-0.3, -0.25) is 9.78 Å². The van der Waals surface area contributed by atoms with E-state index in [9.17, 15) is 4.79 Å². The minimum absolute atomic E-state index is 0.0988. The molecule has 0 aliphatic rings. The fourth-order valence-electron chi connectivity index (χ4n) is 1.27. The summed E-state index contributed by atoms with van der Waals surface area (Å²) in [5.41, 5.74) is 6.93. The van der Waals surface area contributed by atoms with Crippen molar-refractivity contribution < 1.29 is 9.53 Å². The number of pyridine rings is 1. The quantitative estimate of drug-likeness (QED) is 0.617. The highest BCUT2D eigenvalue weighted by Crippen LogP contribution is 2.16. The molecule has 1 atom stereocenters. The minimum Gasteiger partial charge on any atom is -0.396 e. The van der Waals surface area contributed by atoms with Crippen LogP contribution in [0.2, 0.25) is 0 Å². The molecule has 0 fully saturated rings. The Labute approximate surface area is 101 Å². The number of amides is 1. The number of hydrogen-bond acceptors (Lipinski definition) is 5. The molecule has 1 aromatic heterocycles. The van der Waals surface area contributed by atoms with E-state index < -0.39 is 0 Å². The van der Waals surface area contributed by atoms with Crippen LogP contribution in [-0.2, 0) is 9.53 Å². The molecule has 0 aliphatic carbocycles. The molecule has 0 saturated carbocycles. The van der Waals surface area contributed by atoms with Crippen molar-refractivity contribution in [2.45, 2.75) is 13.0 Å². The Hall–Kier alpha value is -1.82. The lowest BCUT2D eigenvalue weighted by molar-refractivity contribution is -0.121. The number of anilines is 2. The van der Waals surface area contributed by atoms with E-state index in [0.717, 1.165) is 0 Å². The average molecular weight is 238 g/mol. The molecule has 4 N–H and O–H groups in total. The molecule has 0 bridgehead atoms. The van der Waals surface area contributed by atoms with E-state index in [0.29, 0.717) is 24.5 Å². The zero-order valence-electron chi connectivity index (χ0n) is 10.1. The summed E-state index contributed by atoms with van der Waals surface area (Å²) >= 11 is 0. The third-order valence-electron chi connectivity index (χ3n) is 2.22. The predicted molar refractivity (Wildman–Crippen MR) is 66.6 cm³/mol. The molecular weight excluding hydrogens is 220 g/mol. The van der Waals surface area contributed by atoms with Gasteiger partial charge >= 0.3 is 0 Å². The molecule has 1 rings (SSSR count). The van der Waals surface area contributed by atoms with E-state index in [-0.39, 0.29) is 11.9 Å². The Morgan fingerprint density at radius 1 is 1.65 bits per heavy atom. The van der Waals surface area contributed by atoms with Crippen LogP contribution in [0.25, 0.3) is 0 Å². The number of hydrogen-bond donors (Lipinski definition) is 3. The van der Waals surface area contributed by atoms with Gasteiger partial charge in [-0.05, 0) is 13.0 Å². The van der Waals surface area contributed by atoms with Gasteiger partial charge in [-0.1, -0.05) is 0 Å². The Morgan fingerprint density at radius 2 is 2.41 bits per heavy atom. The first-order valence-corrected chi connectivity index (χ1v) is 5.38. The number of carbonyl (C=O) groups is 1. The van der Waals surface area contributed by atoms with E-state index in [2.05, 4.69) is 15.6 Å². The van der Waals surface area contributed by atoms with Crippen molar-refractivity contribution in [1.29, 1.82) is 0 Å². The largest absolute Gasteiger partial charge is 0.396 e. The van der Waals surface area contributed by atoms with Gasteiger partial charge in [-0.2, -0.15) is 0 Å². The zero-order valence-corrected chi connectivity index (χ0v) is 10.1. The number of methoxy groups -OCH3 is 1. The van der Waals surface area contributed by atoms with Crippen LogP contribution in [-0.4, -0.2) is 37.2 Å². The number of nitrogens with two attached hydrogens (primary N) is 1. The zero-order chi connectivity index (χ0) is 12.7. The van der Waals surface area contributed by atoms with Crippen LogP contribution < -0.4 is 16.4 Å². The number of nitrogen functional groups attached to an aromatic ring is 1. The highest BCUT2D eigenvalue weighted by atomic mass is 16.5. The van der Waals surface area contributed by atoms with E-state index in [1.54, 1.807) is 26.3 Å². The minimum atomic E-state index is -0.364. The number of carbonyl (C=O) groups excluding carboxylic acids is 1. The summed E-state index contributed by atoms with van der Waals surface area (Å²) in [5.74, 6) is -0.0988. The molecule has 6 heteroatoms. The highest BCUT2D eigenvalue weighted by Gasteiger charge is 2.12. The van der Waals surface area contributed by atoms with E-state index >= 15 is 0 Å². The maximum atomic E-state index is 11.6. The van der Waals surface area contributed by atoms with Crippen LogP contribution in [0.3, 0.4) is 0 Å². The lowest BCUT2D eigenvalue weighted by atomic mass is 10.2. The predicted octanol–water partition coefficient (Wildman–Crippen LogP) is 0.227. The van der Waals surface area contributed by atoms with Crippen molar-refractivity contribution in [3.63, 3.8) is 0 Å². The summed E-state index contributed by atoms with van der Waals surface area (Å²) in [6.07, 6.45) is 3.16. The fraction of sp³-hybridized carbons (Fsp3) is 0.455. The molecule has 6 nitrogen and oxygen atoms in total. The summed E-state index contributed by atoms with van der Waals surface area (Å²) in [6.45, 7) is 2.76. The first kappa shape index (κ1) is 13.2. The van der Waals surface area contributed by atoms with Gasteiger partial charge < -0.3 is 21.1 Å². The number of nitrogens with one attached hydrogen (secondary N) is 2. The van der Waals surface area contributed by atoms with Crippen molar-refractivity contribution >= 4 is 17.3 Å². The van der Waals surface area contributed by atoms with Gasteiger partial charge in [-0.15, -0.1) is 0 Å². The molecule has 1 amide bonds. The van der Waals surface area contributed by atoms with Gasteiger partial charge in [0.2, 0.25) is 5.91 Å². The van der Waals surface area contributed by atoms with Gasteiger partial charge in [-0.25, -0.2) is 0 Å². The second-order valence-electron chi connectivity index (χ2n) is 3.61. The van der Waals surface area contributed by atoms with Crippen LogP contribution in [0.1, 0.15) is 6.92 Å². The first-order chi connectivity index (χ1) is 8.15. The molecule has 0 saturated heterocycles. The molecular formula is C11H18N4O2. The second kappa shape index (κ2) is 6.70. The van der Waals surface area contributed by atoms with Gasteiger partial charge in [0.1, 0.15) is 6.04 Å². The van der Waals surface area contributed by atoms with E-state index in [1.807, 2.05) is 0 Å². The lowest BCUT2D eigenvalue weighted by Gasteiger charge is -2.16. The van der Waals surface area contributed by atoms with E-state index in [1.165, 1.54) is 6.20 Å². The Morgan fingerprint density at radius 3 is 3.06 bits per heavy atom. The topological polar surface area (TPSA) is 89.3 Å². The monoisotopic (exact) mass is 238 g/mol. The lowest BCUT2D eigenvalue weighted by Crippen LogP contribution is -2.39. The first-order valence-electron chi connectivity index (χ1n) is 5.38. The number of nitrogens with zero attached hydrogens (tertiary/aromatic N) is 1. The number of rotatable bonds is 6.